The molecule has 0 aromatic rings. The van der Waals surface area contributed by atoms with E-state index in [0.717, 1.165) is 6.08 Å². The van der Waals surface area contributed by atoms with Gasteiger partial charge in [-0.25, -0.2) is 0 Å². The lowest BCUT2D eigenvalue weighted by Crippen LogP contribution is -2.64. The van der Waals surface area contributed by atoms with Gasteiger partial charge in [-0.15, -0.1) is 0 Å². The topological polar surface area (TPSA) is 217 Å². The van der Waals surface area contributed by atoms with Crippen LogP contribution in [0, 0.1) is 39.4 Å². The molecule has 0 amide bonds. The summed E-state index contributed by atoms with van der Waals surface area (Å²) in [6, 6.07) is 0. The number of allylic oxidation sites excluding steroid dienone is 4. The number of aliphatic hydroxyl groups excluding tert-OH is 5. The fraction of sp³-hybridized carbons (Fsp3) is 0.737. The lowest BCUT2D eigenvalue weighted by atomic mass is 9.39. The van der Waals surface area contributed by atoms with Crippen molar-refractivity contribution in [3.8, 4) is 0 Å². The third-order valence-corrected chi connectivity index (χ3v) is 13.3. The van der Waals surface area contributed by atoms with E-state index >= 15 is 0 Å². The SMILES string of the molecule is CC(=O)OC(C)(C)/C=C/C(=O)C(C)(O)[C@H]1[C@H](O)C[C@@]2(C)[C@@H]3CC=C4[C@@H](C=C(OC5O[C@H](CO)[C@@H](O)[C@H](O)[C@H]5O)C(=O)C4(C)C)[C@]3(C)C(=O)C[C@]12C. The Labute approximate surface area is 298 Å². The Morgan fingerprint density at radius 2 is 1.63 bits per heavy atom. The number of carbonyl (C=O) groups is 4. The maximum absolute atomic E-state index is 14.8. The van der Waals surface area contributed by atoms with Gasteiger partial charge in [0.2, 0.25) is 12.1 Å². The normalized spacial score (nSPS) is 43.3. The van der Waals surface area contributed by atoms with Gasteiger partial charge in [-0.2, -0.15) is 0 Å². The summed E-state index contributed by atoms with van der Waals surface area (Å²) < 4.78 is 16.7. The molecular formula is C38H54O13. The Balaban J connectivity index is 1.52. The second kappa shape index (κ2) is 12.7. The lowest BCUT2D eigenvalue weighted by molar-refractivity contribution is -0.291. The van der Waals surface area contributed by atoms with Crippen LogP contribution in [0.15, 0.2) is 35.6 Å². The van der Waals surface area contributed by atoms with Gasteiger partial charge in [-0.05, 0) is 82.4 Å². The second-order valence-corrected chi connectivity index (χ2v) is 17.2. The van der Waals surface area contributed by atoms with Crippen molar-refractivity contribution in [1.29, 1.82) is 0 Å². The molecule has 0 aromatic heterocycles. The van der Waals surface area contributed by atoms with E-state index in [9.17, 15) is 49.8 Å². The van der Waals surface area contributed by atoms with Crippen LogP contribution in [0.2, 0.25) is 0 Å². The molecule has 1 aliphatic heterocycles. The van der Waals surface area contributed by atoms with Crippen LogP contribution in [0.5, 0.6) is 0 Å². The lowest BCUT2D eigenvalue weighted by Gasteiger charge is -2.63. The van der Waals surface area contributed by atoms with E-state index in [2.05, 4.69) is 0 Å². The van der Waals surface area contributed by atoms with Crippen LogP contribution in [0.4, 0.5) is 0 Å². The number of Topliss-reactive ketones (excluding diaryl/α,β-unsaturated/α-hetero) is 2. The minimum atomic E-state index is -2.09. The number of hydrogen-bond donors (Lipinski definition) is 6. The first-order valence-electron chi connectivity index (χ1n) is 17.6. The molecule has 13 nitrogen and oxygen atoms in total. The van der Waals surface area contributed by atoms with E-state index in [1.54, 1.807) is 33.8 Å². The standard InChI is InChI=1S/C38H54O13/c1-18(40)51-33(2,3)13-12-25(42)38(9,48)30-21(41)15-35(6)24-11-10-19-20(37(24,8)26(43)16-36(30,35)7)14-22(31(47)34(19,4)5)49-32-29(46)28(45)27(44)23(17-39)50-32/h10,12-14,20-21,23-24,27-30,32,39,41,44-46,48H,11,15-17H2,1-9H3/b13-12+/t20-,21-,23-,24+,27-,28+,29-,30+,32?,35+,36-,37+,38?/m1/s1. The van der Waals surface area contributed by atoms with Gasteiger partial charge in [0.05, 0.1) is 18.1 Å². The highest BCUT2D eigenvalue weighted by atomic mass is 16.7. The Morgan fingerprint density at radius 3 is 2.22 bits per heavy atom. The molecule has 284 valence electrons. The van der Waals surface area contributed by atoms with Gasteiger partial charge < -0.3 is 44.8 Å². The van der Waals surface area contributed by atoms with Crippen LogP contribution < -0.4 is 0 Å². The summed E-state index contributed by atoms with van der Waals surface area (Å²) in [5, 5.41) is 64.6. The van der Waals surface area contributed by atoms with Crippen LogP contribution in [0.3, 0.4) is 0 Å². The molecule has 13 atom stereocenters. The fourth-order valence-electron chi connectivity index (χ4n) is 10.3. The summed E-state index contributed by atoms with van der Waals surface area (Å²) in [5.74, 6) is -4.17. The molecule has 6 N–H and O–H groups in total. The van der Waals surface area contributed by atoms with Crippen molar-refractivity contribution in [3.63, 3.8) is 0 Å². The third-order valence-electron chi connectivity index (χ3n) is 13.3. The molecule has 2 unspecified atom stereocenters. The minimum absolute atomic E-state index is 0.0841. The number of aliphatic hydroxyl groups is 6. The average Bonchev–Trinajstić information content (AvgIpc) is 3.22. The second-order valence-electron chi connectivity index (χ2n) is 17.2. The summed E-state index contributed by atoms with van der Waals surface area (Å²) in [6.07, 6.45) is -2.57. The molecule has 4 aliphatic carbocycles. The van der Waals surface area contributed by atoms with Crippen molar-refractivity contribution in [2.24, 2.45) is 39.4 Å². The van der Waals surface area contributed by atoms with Crippen LogP contribution >= 0.6 is 0 Å². The van der Waals surface area contributed by atoms with Gasteiger partial charge in [0.25, 0.3) is 0 Å². The number of hydrogen-bond acceptors (Lipinski definition) is 13. The molecule has 51 heavy (non-hydrogen) atoms. The fourth-order valence-corrected chi connectivity index (χ4v) is 10.3. The zero-order valence-electron chi connectivity index (χ0n) is 30.9. The summed E-state index contributed by atoms with van der Waals surface area (Å²) in [6.45, 7) is 14.2. The molecule has 0 radical (unpaired) electrons. The van der Waals surface area contributed by atoms with Gasteiger partial charge in [-0.1, -0.05) is 32.4 Å². The summed E-state index contributed by atoms with van der Waals surface area (Å²) in [5.41, 5.74) is -6.62. The van der Waals surface area contributed by atoms with Gasteiger partial charge in [0.1, 0.15) is 41.4 Å². The number of fused-ring (bicyclic) bond motifs is 5. The van der Waals surface area contributed by atoms with Gasteiger partial charge in [0, 0.05) is 30.6 Å². The van der Waals surface area contributed by atoms with Crippen molar-refractivity contribution in [2.75, 3.05) is 6.61 Å². The Kier molecular flexibility index (Phi) is 9.80. The number of esters is 1. The molecule has 1 heterocycles. The number of ketones is 3. The van der Waals surface area contributed by atoms with E-state index in [-0.39, 0.29) is 24.4 Å². The average molecular weight is 719 g/mol. The quantitative estimate of drug-likeness (QED) is 0.119. The molecule has 5 aliphatic rings. The maximum atomic E-state index is 14.8. The highest BCUT2D eigenvalue weighted by Gasteiger charge is 2.74. The molecule has 3 fully saturated rings. The Morgan fingerprint density at radius 1 is 1.00 bits per heavy atom. The molecule has 0 spiro atoms. The van der Waals surface area contributed by atoms with Crippen molar-refractivity contribution < 1.29 is 64.0 Å². The van der Waals surface area contributed by atoms with E-state index < -0.39 is 112 Å². The number of carbonyl (C=O) groups excluding carboxylic acids is 4. The van der Waals surface area contributed by atoms with E-state index in [1.807, 2.05) is 26.8 Å². The predicted molar refractivity (Wildman–Crippen MR) is 180 cm³/mol. The minimum Gasteiger partial charge on any atom is -0.459 e. The van der Waals surface area contributed by atoms with Gasteiger partial charge >= 0.3 is 5.97 Å². The van der Waals surface area contributed by atoms with Crippen molar-refractivity contribution in [3.05, 3.63) is 35.6 Å². The van der Waals surface area contributed by atoms with Gasteiger partial charge in [0.15, 0.2) is 11.5 Å². The van der Waals surface area contributed by atoms with E-state index in [0.29, 0.717) is 12.0 Å². The molecule has 2 saturated carbocycles. The van der Waals surface area contributed by atoms with Gasteiger partial charge in [-0.3, -0.25) is 19.2 Å². The molecule has 0 aromatic carbocycles. The smallest absolute Gasteiger partial charge is 0.303 e. The number of ether oxygens (including phenoxy) is 3. The first-order valence-corrected chi connectivity index (χ1v) is 17.6. The first kappa shape index (κ1) is 39.4. The Hall–Kier alpha value is -2.78. The summed E-state index contributed by atoms with van der Waals surface area (Å²) >= 11 is 0. The zero-order chi connectivity index (χ0) is 38.4. The summed E-state index contributed by atoms with van der Waals surface area (Å²) in [7, 11) is 0. The third kappa shape index (κ3) is 5.87. The first-order chi connectivity index (χ1) is 23.3. The van der Waals surface area contributed by atoms with Crippen LogP contribution in [-0.2, 0) is 33.4 Å². The molecule has 1 saturated heterocycles. The highest BCUT2D eigenvalue weighted by Crippen LogP contribution is 2.73. The molecule has 0 bridgehead atoms. The molecule has 13 heteroatoms. The largest absolute Gasteiger partial charge is 0.459 e. The molecular weight excluding hydrogens is 664 g/mol. The Bertz CT molecular complexity index is 1570. The van der Waals surface area contributed by atoms with Crippen molar-refractivity contribution in [2.45, 2.75) is 130 Å². The van der Waals surface area contributed by atoms with Crippen LogP contribution in [0.1, 0.15) is 81.6 Å². The predicted octanol–water partition coefficient (Wildman–Crippen LogP) is 1.45. The van der Waals surface area contributed by atoms with E-state index in [1.165, 1.54) is 19.9 Å². The monoisotopic (exact) mass is 718 g/mol. The highest BCUT2D eigenvalue weighted by molar-refractivity contribution is 6.02. The number of rotatable bonds is 8. The van der Waals surface area contributed by atoms with Crippen LogP contribution in [0.25, 0.3) is 0 Å². The van der Waals surface area contributed by atoms with Crippen LogP contribution in [-0.4, -0.2) is 109 Å². The van der Waals surface area contributed by atoms with Crippen molar-refractivity contribution >= 4 is 23.3 Å². The maximum Gasteiger partial charge on any atom is 0.303 e. The van der Waals surface area contributed by atoms with E-state index in [4.69, 9.17) is 14.2 Å². The van der Waals surface area contributed by atoms with Crippen molar-refractivity contribution in [1.82, 2.24) is 0 Å². The summed E-state index contributed by atoms with van der Waals surface area (Å²) in [4.78, 5) is 53.9. The molecule has 5 rings (SSSR count). The zero-order valence-corrected chi connectivity index (χ0v) is 30.9.